The summed E-state index contributed by atoms with van der Waals surface area (Å²) in [5.74, 6) is 0. The number of rotatable bonds is 3. The van der Waals surface area contributed by atoms with Crippen LogP contribution in [-0.4, -0.2) is 6.03 Å². The fraction of sp³-hybridized carbons (Fsp3) is 0.105. The van der Waals surface area contributed by atoms with Gasteiger partial charge in [-0.05, 0) is 35.4 Å². The van der Waals surface area contributed by atoms with Gasteiger partial charge >= 0.3 is 6.03 Å². The number of hydrogen-bond donors (Lipinski definition) is 2. The number of hydrogen-bond acceptors (Lipinski definition) is 1. The van der Waals surface area contributed by atoms with E-state index in [0.29, 0.717) is 0 Å². The van der Waals surface area contributed by atoms with Crippen molar-refractivity contribution < 1.29 is 4.79 Å². The van der Waals surface area contributed by atoms with Crippen LogP contribution in [0.1, 0.15) is 18.5 Å². The van der Waals surface area contributed by atoms with Crippen molar-refractivity contribution in [2.75, 3.05) is 5.32 Å². The minimum absolute atomic E-state index is 0.0742. The normalized spacial score (nSPS) is 11.9. The molecule has 110 valence electrons. The highest BCUT2D eigenvalue weighted by Gasteiger charge is 2.12. The van der Waals surface area contributed by atoms with Gasteiger partial charge in [-0.3, -0.25) is 0 Å². The van der Waals surface area contributed by atoms with E-state index in [9.17, 15) is 4.79 Å². The molecule has 3 heteroatoms. The van der Waals surface area contributed by atoms with Crippen LogP contribution in [0, 0.1) is 0 Å². The molecule has 2 N–H and O–H groups in total. The van der Waals surface area contributed by atoms with Gasteiger partial charge in [0, 0.05) is 5.69 Å². The minimum atomic E-state index is -0.202. The predicted octanol–water partition coefficient (Wildman–Crippen LogP) is 4.72. The molecule has 0 saturated carbocycles. The molecular weight excluding hydrogens is 272 g/mol. The fourth-order valence-corrected chi connectivity index (χ4v) is 2.59. The Morgan fingerprint density at radius 1 is 0.864 bits per heavy atom. The van der Waals surface area contributed by atoms with E-state index in [-0.39, 0.29) is 12.1 Å². The molecular formula is C19H18N2O. The quantitative estimate of drug-likeness (QED) is 0.720. The Kier molecular flexibility index (Phi) is 4.05. The van der Waals surface area contributed by atoms with E-state index in [0.717, 1.165) is 16.6 Å². The molecule has 0 aromatic heterocycles. The molecule has 2 amide bonds. The number of fused-ring (bicyclic) bond motifs is 1. The first kappa shape index (κ1) is 14.1. The van der Waals surface area contributed by atoms with Gasteiger partial charge in [0.25, 0.3) is 0 Å². The second-order valence-electron chi connectivity index (χ2n) is 5.25. The predicted molar refractivity (Wildman–Crippen MR) is 91.0 cm³/mol. The SMILES string of the molecule is CC(NC(=O)Nc1ccccc1)c1cccc2ccccc12. The number of para-hydroxylation sites is 1. The van der Waals surface area contributed by atoms with E-state index in [1.54, 1.807) is 0 Å². The van der Waals surface area contributed by atoms with E-state index >= 15 is 0 Å². The highest BCUT2D eigenvalue weighted by Crippen LogP contribution is 2.24. The summed E-state index contributed by atoms with van der Waals surface area (Å²) in [6.07, 6.45) is 0. The monoisotopic (exact) mass is 290 g/mol. The first-order valence-electron chi connectivity index (χ1n) is 7.34. The number of benzene rings is 3. The summed E-state index contributed by atoms with van der Waals surface area (Å²) in [4.78, 5) is 12.1. The maximum Gasteiger partial charge on any atom is 0.319 e. The summed E-state index contributed by atoms with van der Waals surface area (Å²) in [6.45, 7) is 1.99. The van der Waals surface area contributed by atoms with Crippen LogP contribution in [0.3, 0.4) is 0 Å². The van der Waals surface area contributed by atoms with E-state index in [1.807, 2.05) is 55.5 Å². The molecule has 1 atom stereocenters. The Balaban J connectivity index is 1.76. The topological polar surface area (TPSA) is 41.1 Å². The third-order valence-corrected chi connectivity index (χ3v) is 3.67. The second-order valence-corrected chi connectivity index (χ2v) is 5.25. The zero-order valence-electron chi connectivity index (χ0n) is 12.4. The summed E-state index contributed by atoms with van der Waals surface area (Å²) >= 11 is 0. The summed E-state index contributed by atoms with van der Waals surface area (Å²) in [5.41, 5.74) is 1.89. The maximum absolute atomic E-state index is 12.1. The van der Waals surface area contributed by atoms with Crippen molar-refractivity contribution in [3.8, 4) is 0 Å². The molecule has 0 spiro atoms. The van der Waals surface area contributed by atoms with Gasteiger partial charge in [-0.15, -0.1) is 0 Å². The zero-order chi connectivity index (χ0) is 15.4. The molecule has 0 aliphatic carbocycles. The van der Waals surface area contributed by atoms with Crippen LogP contribution in [0.25, 0.3) is 10.8 Å². The number of anilines is 1. The Labute approximate surface area is 130 Å². The van der Waals surface area contributed by atoms with Gasteiger partial charge in [0.2, 0.25) is 0 Å². The summed E-state index contributed by atoms with van der Waals surface area (Å²) in [5, 5.41) is 8.17. The van der Waals surface area contributed by atoms with Crippen LogP contribution in [0.5, 0.6) is 0 Å². The lowest BCUT2D eigenvalue weighted by Crippen LogP contribution is -2.31. The molecule has 3 aromatic rings. The number of amides is 2. The molecule has 3 rings (SSSR count). The summed E-state index contributed by atoms with van der Waals surface area (Å²) in [7, 11) is 0. The van der Waals surface area contributed by atoms with Gasteiger partial charge < -0.3 is 10.6 Å². The molecule has 0 aliphatic rings. The molecule has 0 bridgehead atoms. The lowest BCUT2D eigenvalue weighted by atomic mass is 10.00. The zero-order valence-corrected chi connectivity index (χ0v) is 12.4. The van der Waals surface area contributed by atoms with Crippen molar-refractivity contribution in [2.24, 2.45) is 0 Å². The van der Waals surface area contributed by atoms with Gasteiger partial charge in [-0.25, -0.2) is 4.79 Å². The molecule has 0 radical (unpaired) electrons. The standard InChI is InChI=1S/C19H18N2O/c1-14(20-19(22)21-16-10-3-2-4-11-16)17-13-7-9-15-8-5-6-12-18(15)17/h2-14H,1H3,(H2,20,21,22). The van der Waals surface area contributed by atoms with E-state index < -0.39 is 0 Å². The third-order valence-electron chi connectivity index (χ3n) is 3.67. The average Bonchev–Trinajstić information content (AvgIpc) is 2.55. The van der Waals surface area contributed by atoms with E-state index in [1.165, 1.54) is 5.39 Å². The Hall–Kier alpha value is -2.81. The first-order valence-corrected chi connectivity index (χ1v) is 7.34. The van der Waals surface area contributed by atoms with Gasteiger partial charge in [-0.1, -0.05) is 60.7 Å². The van der Waals surface area contributed by atoms with Gasteiger partial charge in [0.05, 0.1) is 6.04 Å². The van der Waals surface area contributed by atoms with Crippen molar-refractivity contribution in [1.82, 2.24) is 5.32 Å². The fourth-order valence-electron chi connectivity index (χ4n) is 2.59. The molecule has 0 heterocycles. The molecule has 3 nitrogen and oxygen atoms in total. The molecule has 0 aliphatic heterocycles. The van der Waals surface area contributed by atoms with Crippen LogP contribution < -0.4 is 10.6 Å². The average molecular weight is 290 g/mol. The molecule has 0 fully saturated rings. The second kappa shape index (κ2) is 6.31. The first-order chi connectivity index (χ1) is 10.7. The number of carbonyl (C=O) groups is 1. The van der Waals surface area contributed by atoms with Crippen LogP contribution in [-0.2, 0) is 0 Å². The van der Waals surface area contributed by atoms with Crippen molar-refractivity contribution in [2.45, 2.75) is 13.0 Å². The highest BCUT2D eigenvalue weighted by molar-refractivity contribution is 5.91. The number of urea groups is 1. The number of nitrogens with one attached hydrogen (secondary N) is 2. The van der Waals surface area contributed by atoms with Crippen molar-refractivity contribution in [1.29, 1.82) is 0 Å². The third kappa shape index (κ3) is 3.09. The van der Waals surface area contributed by atoms with Crippen molar-refractivity contribution in [3.05, 3.63) is 78.4 Å². The van der Waals surface area contributed by atoms with E-state index in [2.05, 4.69) is 34.9 Å². The maximum atomic E-state index is 12.1. The van der Waals surface area contributed by atoms with Gasteiger partial charge in [-0.2, -0.15) is 0 Å². The highest BCUT2D eigenvalue weighted by atomic mass is 16.2. The Morgan fingerprint density at radius 3 is 2.36 bits per heavy atom. The van der Waals surface area contributed by atoms with Crippen LogP contribution in [0.2, 0.25) is 0 Å². The minimum Gasteiger partial charge on any atom is -0.331 e. The van der Waals surface area contributed by atoms with Crippen LogP contribution >= 0.6 is 0 Å². The molecule has 22 heavy (non-hydrogen) atoms. The molecule has 3 aromatic carbocycles. The van der Waals surface area contributed by atoms with Crippen LogP contribution in [0.4, 0.5) is 10.5 Å². The molecule has 0 saturated heterocycles. The lowest BCUT2D eigenvalue weighted by molar-refractivity contribution is 0.249. The van der Waals surface area contributed by atoms with Crippen molar-refractivity contribution >= 4 is 22.5 Å². The van der Waals surface area contributed by atoms with Gasteiger partial charge in [0.15, 0.2) is 0 Å². The molecule has 1 unspecified atom stereocenters. The Morgan fingerprint density at radius 2 is 1.55 bits per heavy atom. The van der Waals surface area contributed by atoms with Crippen LogP contribution in [0.15, 0.2) is 72.8 Å². The summed E-state index contributed by atoms with van der Waals surface area (Å²) in [6, 6.07) is 23.5. The largest absolute Gasteiger partial charge is 0.331 e. The van der Waals surface area contributed by atoms with Crippen molar-refractivity contribution in [3.63, 3.8) is 0 Å². The lowest BCUT2D eigenvalue weighted by Gasteiger charge is -2.17. The number of carbonyl (C=O) groups excluding carboxylic acids is 1. The summed E-state index contributed by atoms with van der Waals surface area (Å²) < 4.78 is 0. The van der Waals surface area contributed by atoms with E-state index in [4.69, 9.17) is 0 Å². The smallest absolute Gasteiger partial charge is 0.319 e. The van der Waals surface area contributed by atoms with Gasteiger partial charge in [0.1, 0.15) is 0 Å². The Bertz CT molecular complexity index is 778.